The number of nitrogens with zero attached hydrogens (tertiary/aromatic N) is 2. The standard InChI is InChI=1S/C16H23N3O3S/c1-16(2,3)15(20)17-10-11-18-13-6-4-5-7-14(13)19(12-8-9-12)23(18,21)22/h4-7,12H,8-11H2,1-3H3,(H,17,20). The van der Waals surface area contributed by atoms with E-state index in [1.807, 2.05) is 45.0 Å². The van der Waals surface area contributed by atoms with E-state index in [4.69, 9.17) is 0 Å². The molecule has 1 aliphatic carbocycles. The first-order valence-electron chi connectivity index (χ1n) is 7.92. The van der Waals surface area contributed by atoms with Crippen LogP contribution in [-0.4, -0.2) is 33.5 Å². The fourth-order valence-electron chi connectivity index (χ4n) is 2.68. The van der Waals surface area contributed by atoms with Crippen LogP contribution in [0.25, 0.3) is 0 Å². The number of hydrogen-bond acceptors (Lipinski definition) is 3. The molecule has 7 heteroatoms. The number of benzene rings is 1. The largest absolute Gasteiger partial charge is 0.354 e. The summed E-state index contributed by atoms with van der Waals surface area (Å²) in [5.74, 6) is -0.0820. The van der Waals surface area contributed by atoms with Gasteiger partial charge in [0.05, 0.1) is 17.9 Å². The number of fused-ring (bicyclic) bond motifs is 1. The van der Waals surface area contributed by atoms with Crippen LogP contribution < -0.4 is 13.9 Å². The number of hydrogen-bond donors (Lipinski definition) is 1. The van der Waals surface area contributed by atoms with Crippen LogP contribution in [-0.2, 0) is 15.0 Å². The minimum Gasteiger partial charge on any atom is -0.354 e. The average molecular weight is 337 g/mol. The van der Waals surface area contributed by atoms with E-state index in [0.717, 1.165) is 18.5 Å². The highest BCUT2D eigenvalue weighted by Gasteiger charge is 2.47. The predicted molar refractivity (Wildman–Crippen MR) is 90.7 cm³/mol. The Labute approximate surface area is 137 Å². The van der Waals surface area contributed by atoms with Crippen molar-refractivity contribution < 1.29 is 13.2 Å². The van der Waals surface area contributed by atoms with Gasteiger partial charge in [-0.25, -0.2) is 8.61 Å². The molecule has 1 aromatic rings. The van der Waals surface area contributed by atoms with Gasteiger partial charge in [0.15, 0.2) is 0 Å². The molecule has 0 saturated heterocycles. The van der Waals surface area contributed by atoms with Crippen LogP contribution in [0.2, 0.25) is 0 Å². The average Bonchev–Trinajstić information content (AvgIpc) is 3.24. The molecule has 1 N–H and O–H groups in total. The molecular formula is C16H23N3O3S. The number of carbonyl (C=O) groups is 1. The highest BCUT2D eigenvalue weighted by atomic mass is 32.2. The number of anilines is 2. The van der Waals surface area contributed by atoms with E-state index in [0.29, 0.717) is 12.2 Å². The van der Waals surface area contributed by atoms with E-state index in [1.165, 1.54) is 8.61 Å². The molecule has 0 aromatic heterocycles. The Balaban J connectivity index is 1.78. The van der Waals surface area contributed by atoms with Gasteiger partial charge in [-0.2, -0.15) is 8.42 Å². The van der Waals surface area contributed by atoms with Crippen molar-refractivity contribution in [3.05, 3.63) is 24.3 Å². The van der Waals surface area contributed by atoms with Crippen molar-refractivity contribution >= 4 is 27.5 Å². The van der Waals surface area contributed by atoms with E-state index in [1.54, 1.807) is 0 Å². The van der Waals surface area contributed by atoms with Crippen molar-refractivity contribution in [2.75, 3.05) is 21.7 Å². The summed E-state index contributed by atoms with van der Waals surface area (Å²) in [6.07, 6.45) is 1.81. The highest BCUT2D eigenvalue weighted by Crippen LogP contribution is 2.46. The molecule has 1 heterocycles. The van der Waals surface area contributed by atoms with E-state index in [-0.39, 0.29) is 18.5 Å². The summed E-state index contributed by atoms with van der Waals surface area (Å²) in [6.45, 7) is 6.03. The van der Waals surface area contributed by atoms with Crippen molar-refractivity contribution in [1.82, 2.24) is 5.32 Å². The van der Waals surface area contributed by atoms with Crippen molar-refractivity contribution in [3.8, 4) is 0 Å². The van der Waals surface area contributed by atoms with Gasteiger partial charge in [0.25, 0.3) is 0 Å². The number of nitrogens with one attached hydrogen (secondary N) is 1. The Morgan fingerprint density at radius 2 is 1.83 bits per heavy atom. The van der Waals surface area contributed by atoms with Crippen LogP contribution in [0, 0.1) is 5.41 Å². The maximum Gasteiger partial charge on any atom is 0.326 e. The van der Waals surface area contributed by atoms with Crippen molar-refractivity contribution in [2.45, 2.75) is 39.7 Å². The Morgan fingerprint density at radius 1 is 1.22 bits per heavy atom. The summed E-state index contributed by atoms with van der Waals surface area (Å²) in [5.41, 5.74) is 0.962. The van der Waals surface area contributed by atoms with Gasteiger partial charge >= 0.3 is 10.2 Å². The fourth-order valence-corrected chi connectivity index (χ4v) is 4.61. The minimum atomic E-state index is -3.54. The number of amides is 1. The Morgan fingerprint density at radius 3 is 2.39 bits per heavy atom. The predicted octanol–water partition coefficient (Wildman–Crippen LogP) is 1.88. The van der Waals surface area contributed by atoms with E-state index < -0.39 is 15.6 Å². The maximum atomic E-state index is 12.8. The zero-order valence-electron chi connectivity index (χ0n) is 13.7. The Kier molecular flexibility index (Phi) is 3.78. The van der Waals surface area contributed by atoms with Gasteiger partial charge in [0, 0.05) is 18.0 Å². The molecule has 3 rings (SSSR count). The molecule has 0 radical (unpaired) electrons. The normalized spacial score (nSPS) is 19.6. The van der Waals surface area contributed by atoms with Gasteiger partial charge in [0.1, 0.15) is 0 Å². The van der Waals surface area contributed by atoms with Crippen molar-refractivity contribution in [3.63, 3.8) is 0 Å². The zero-order chi connectivity index (χ0) is 16.8. The van der Waals surface area contributed by atoms with E-state index in [2.05, 4.69) is 5.32 Å². The van der Waals surface area contributed by atoms with Crippen LogP contribution >= 0.6 is 0 Å². The Hall–Kier alpha value is -1.76. The molecule has 0 spiro atoms. The molecule has 1 amide bonds. The lowest BCUT2D eigenvalue weighted by atomic mass is 9.96. The van der Waals surface area contributed by atoms with Crippen molar-refractivity contribution in [2.24, 2.45) is 5.41 Å². The molecule has 6 nitrogen and oxygen atoms in total. The molecule has 1 fully saturated rings. The lowest BCUT2D eigenvalue weighted by molar-refractivity contribution is -0.128. The van der Waals surface area contributed by atoms with Crippen molar-refractivity contribution in [1.29, 1.82) is 0 Å². The van der Waals surface area contributed by atoms with Gasteiger partial charge < -0.3 is 5.32 Å². The summed E-state index contributed by atoms with van der Waals surface area (Å²) < 4.78 is 28.6. The molecule has 0 atom stereocenters. The molecular weight excluding hydrogens is 314 g/mol. The van der Waals surface area contributed by atoms with Crippen LogP contribution in [0.1, 0.15) is 33.6 Å². The lowest BCUT2D eigenvalue weighted by Gasteiger charge is -2.23. The molecule has 1 aliphatic heterocycles. The molecule has 0 bridgehead atoms. The third-order valence-electron chi connectivity index (χ3n) is 4.08. The highest BCUT2D eigenvalue weighted by molar-refractivity contribution is 7.94. The summed E-state index contributed by atoms with van der Waals surface area (Å²) >= 11 is 0. The van der Waals surface area contributed by atoms with Gasteiger partial charge in [-0.3, -0.25) is 4.79 Å². The monoisotopic (exact) mass is 337 g/mol. The smallest absolute Gasteiger partial charge is 0.326 e. The molecule has 1 aromatic carbocycles. The van der Waals surface area contributed by atoms with Crippen LogP contribution in [0.4, 0.5) is 11.4 Å². The van der Waals surface area contributed by atoms with Crippen LogP contribution in [0.3, 0.4) is 0 Å². The lowest BCUT2D eigenvalue weighted by Crippen LogP contribution is -2.44. The molecule has 126 valence electrons. The third kappa shape index (κ3) is 2.89. The van der Waals surface area contributed by atoms with E-state index in [9.17, 15) is 13.2 Å². The number of para-hydroxylation sites is 2. The fraction of sp³-hybridized carbons (Fsp3) is 0.562. The minimum absolute atomic E-state index is 0.0790. The number of carbonyl (C=O) groups excluding carboxylic acids is 1. The molecule has 23 heavy (non-hydrogen) atoms. The first-order chi connectivity index (χ1) is 10.7. The molecule has 0 unspecified atom stereocenters. The first-order valence-corrected chi connectivity index (χ1v) is 9.32. The second kappa shape index (κ2) is 5.40. The second-order valence-electron chi connectivity index (χ2n) is 7.10. The van der Waals surface area contributed by atoms with E-state index >= 15 is 0 Å². The van der Waals surface area contributed by atoms with Gasteiger partial charge in [-0.05, 0) is 25.0 Å². The summed E-state index contributed by atoms with van der Waals surface area (Å²) in [5, 5.41) is 2.81. The summed E-state index contributed by atoms with van der Waals surface area (Å²) in [6, 6.07) is 7.44. The molecule has 1 saturated carbocycles. The number of rotatable bonds is 4. The quantitative estimate of drug-likeness (QED) is 0.912. The van der Waals surface area contributed by atoms with Gasteiger partial charge in [-0.15, -0.1) is 0 Å². The summed E-state index contributed by atoms with van der Waals surface area (Å²) in [7, 11) is -3.54. The summed E-state index contributed by atoms with van der Waals surface area (Å²) in [4.78, 5) is 11.9. The van der Waals surface area contributed by atoms with Gasteiger partial charge in [0.2, 0.25) is 5.91 Å². The Bertz CT molecular complexity index is 720. The second-order valence-corrected chi connectivity index (χ2v) is 8.83. The SMILES string of the molecule is CC(C)(C)C(=O)NCCN1c2ccccc2N(C2CC2)S1(=O)=O. The maximum absolute atomic E-state index is 12.8. The third-order valence-corrected chi connectivity index (χ3v) is 6.00. The zero-order valence-corrected chi connectivity index (χ0v) is 14.6. The molecule has 2 aliphatic rings. The van der Waals surface area contributed by atoms with Gasteiger partial charge in [-0.1, -0.05) is 32.9 Å². The first kappa shape index (κ1) is 16.1. The van der Waals surface area contributed by atoms with Crippen LogP contribution in [0.15, 0.2) is 24.3 Å². The van der Waals surface area contributed by atoms with Crippen LogP contribution in [0.5, 0.6) is 0 Å². The topological polar surface area (TPSA) is 69.7 Å².